The van der Waals surface area contributed by atoms with Crippen molar-refractivity contribution in [2.45, 2.75) is 59.3 Å². The lowest BCUT2D eigenvalue weighted by Gasteiger charge is -2.33. The van der Waals surface area contributed by atoms with E-state index < -0.39 is 0 Å². The van der Waals surface area contributed by atoms with E-state index in [9.17, 15) is 4.79 Å². The molecule has 0 bridgehead atoms. The van der Waals surface area contributed by atoms with E-state index in [-0.39, 0.29) is 17.7 Å². The quantitative estimate of drug-likeness (QED) is 0.827. The molecule has 0 saturated carbocycles. The van der Waals surface area contributed by atoms with Crippen LogP contribution >= 0.6 is 0 Å². The molecule has 7 heteroatoms. The van der Waals surface area contributed by atoms with Crippen LogP contribution in [0.2, 0.25) is 0 Å². The summed E-state index contributed by atoms with van der Waals surface area (Å²) in [6.07, 6.45) is 3.34. The summed E-state index contributed by atoms with van der Waals surface area (Å²) in [5.41, 5.74) is 1.91. The van der Waals surface area contributed by atoms with Crippen LogP contribution in [0.4, 0.5) is 0 Å². The van der Waals surface area contributed by atoms with E-state index in [1.165, 1.54) is 0 Å². The predicted octanol–water partition coefficient (Wildman–Crippen LogP) is 2.82. The van der Waals surface area contributed by atoms with E-state index >= 15 is 0 Å². The highest BCUT2D eigenvalue weighted by Crippen LogP contribution is 2.27. The maximum absolute atomic E-state index is 12.9. The van der Waals surface area contributed by atoms with Crippen molar-refractivity contribution < 1.29 is 13.8 Å². The average Bonchev–Trinajstić information content (AvgIpc) is 3.23. The maximum Gasteiger partial charge on any atom is 0.226 e. The molecule has 0 aliphatic carbocycles. The van der Waals surface area contributed by atoms with Crippen molar-refractivity contribution in [3.63, 3.8) is 0 Å². The van der Waals surface area contributed by atoms with Gasteiger partial charge in [-0.2, -0.15) is 4.98 Å². The van der Waals surface area contributed by atoms with Crippen molar-refractivity contribution in [2.75, 3.05) is 13.1 Å². The summed E-state index contributed by atoms with van der Waals surface area (Å²) < 4.78 is 10.4. The number of rotatable bonds is 5. The summed E-state index contributed by atoms with van der Waals surface area (Å²) in [7, 11) is 0. The zero-order chi connectivity index (χ0) is 18.0. The minimum Gasteiger partial charge on any atom is -0.361 e. The Morgan fingerprint density at radius 2 is 2.12 bits per heavy atom. The first-order valence-electron chi connectivity index (χ1n) is 9.02. The monoisotopic (exact) mass is 346 g/mol. The van der Waals surface area contributed by atoms with E-state index in [1.807, 2.05) is 32.6 Å². The van der Waals surface area contributed by atoms with Gasteiger partial charge < -0.3 is 13.9 Å². The van der Waals surface area contributed by atoms with Gasteiger partial charge >= 0.3 is 0 Å². The molecule has 3 rings (SSSR count). The molecule has 0 spiro atoms. The van der Waals surface area contributed by atoms with E-state index in [0.29, 0.717) is 18.9 Å². The Balaban J connectivity index is 1.65. The van der Waals surface area contributed by atoms with Gasteiger partial charge in [-0.3, -0.25) is 4.79 Å². The Labute approximate surface area is 147 Å². The number of aryl methyl sites for hydroxylation is 3. The molecule has 1 fully saturated rings. The Kier molecular flexibility index (Phi) is 5.20. The molecule has 2 atom stereocenters. The van der Waals surface area contributed by atoms with Gasteiger partial charge in [0.15, 0.2) is 5.82 Å². The molecule has 3 heterocycles. The normalized spacial score (nSPS) is 19.2. The van der Waals surface area contributed by atoms with Crippen LogP contribution in [0.5, 0.6) is 0 Å². The predicted molar refractivity (Wildman–Crippen MR) is 91.1 cm³/mol. The van der Waals surface area contributed by atoms with Crippen LogP contribution in [0, 0.1) is 19.8 Å². The number of piperidine rings is 1. The minimum absolute atomic E-state index is 0.105. The molecule has 2 unspecified atom stereocenters. The standard InChI is InChI=1S/C18H26N4O3/c1-5-16-19-17(21-25-16)14-7-6-8-22(10-14)18(23)11(2)9-15-12(3)20-24-13(15)4/h11,14H,5-10H2,1-4H3. The van der Waals surface area contributed by atoms with Crippen molar-refractivity contribution in [1.82, 2.24) is 20.2 Å². The third-order valence-corrected chi connectivity index (χ3v) is 5.00. The topological polar surface area (TPSA) is 85.3 Å². The summed E-state index contributed by atoms with van der Waals surface area (Å²) >= 11 is 0. The fourth-order valence-corrected chi connectivity index (χ4v) is 3.46. The summed E-state index contributed by atoms with van der Waals surface area (Å²) in [6.45, 7) is 9.23. The molecular weight excluding hydrogens is 320 g/mol. The molecule has 1 saturated heterocycles. The lowest BCUT2D eigenvalue weighted by Crippen LogP contribution is -2.42. The van der Waals surface area contributed by atoms with Crippen molar-refractivity contribution in [3.05, 3.63) is 28.7 Å². The van der Waals surface area contributed by atoms with Crippen LogP contribution in [-0.2, 0) is 17.6 Å². The average molecular weight is 346 g/mol. The number of hydrogen-bond acceptors (Lipinski definition) is 6. The van der Waals surface area contributed by atoms with Gasteiger partial charge in [-0.25, -0.2) is 0 Å². The van der Waals surface area contributed by atoms with Crippen LogP contribution in [0.1, 0.15) is 61.3 Å². The van der Waals surface area contributed by atoms with Gasteiger partial charge in [0.2, 0.25) is 11.8 Å². The Morgan fingerprint density at radius 1 is 1.32 bits per heavy atom. The Hall–Kier alpha value is -2.18. The van der Waals surface area contributed by atoms with Gasteiger partial charge in [-0.1, -0.05) is 24.2 Å². The van der Waals surface area contributed by atoms with Crippen LogP contribution < -0.4 is 0 Å². The van der Waals surface area contributed by atoms with Crippen LogP contribution in [0.25, 0.3) is 0 Å². The highest BCUT2D eigenvalue weighted by Gasteiger charge is 2.30. The van der Waals surface area contributed by atoms with Crippen LogP contribution in [0.15, 0.2) is 9.05 Å². The van der Waals surface area contributed by atoms with Gasteiger partial charge in [0, 0.05) is 36.9 Å². The second-order valence-electron chi connectivity index (χ2n) is 6.93. The maximum atomic E-state index is 12.9. The molecule has 0 radical (unpaired) electrons. The highest BCUT2D eigenvalue weighted by molar-refractivity contribution is 5.79. The molecule has 136 valence electrons. The highest BCUT2D eigenvalue weighted by atomic mass is 16.5. The van der Waals surface area contributed by atoms with Gasteiger partial charge in [0.1, 0.15) is 5.76 Å². The number of aromatic nitrogens is 3. The van der Waals surface area contributed by atoms with Crippen LogP contribution in [-0.4, -0.2) is 39.2 Å². The van der Waals surface area contributed by atoms with Gasteiger partial charge in [0.05, 0.1) is 5.69 Å². The molecule has 0 aromatic carbocycles. The number of carbonyl (C=O) groups excluding carboxylic acids is 1. The minimum atomic E-state index is -0.105. The van der Waals surface area contributed by atoms with Crippen molar-refractivity contribution in [1.29, 1.82) is 0 Å². The first kappa shape index (κ1) is 17.6. The zero-order valence-corrected chi connectivity index (χ0v) is 15.4. The molecule has 7 nitrogen and oxygen atoms in total. The molecule has 2 aromatic heterocycles. The van der Waals surface area contributed by atoms with Crippen molar-refractivity contribution in [2.24, 2.45) is 5.92 Å². The second-order valence-corrected chi connectivity index (χ2v) is 6.93. The van der Waals surface area contributed by atoms with E-state index in [1.54, 1.807) is 0 Å². The number of nitrogens with zero attached hydrogens (tertiary/aromatic N) is 4. The van der Waals surface area contributed by atoms with Crippen LogP contribution in [0.3, 0.4) is 0 Å². The fourth-order valence-electron chi connectivity index (χ4n) is 3.46. The number of hydrogen-bond donors (Lipinski definition) is 0. The Bertz CT molecular complexity index is 717. The first-order chi connectivity index (χ1) is 12.0. The molecule has 1 aliphatic heterocycles. The SMILES string of the molecule is CCc1nc(C2CCCN(C(=O)C(C)Cc3c(C)noc3C)C2)no1. The van der Waals surface area contributed by atoms with E-state index in [4.69, 9.17) is 9.05 Å². The Morgan fingerprint density at radius 3 is 2.76 bits per heavy atom. The van der Waals surface area contributed by atoms with Gasteiger partial charge in [-0.05, 0) is 33.1 Å². The summed E-state index contributed by atoms with van der Waals surface area (Å²) in [5, 5.41) is 8.06. The second kappa shape index (κ2) is 7.37. The van der Waals surface area contributed by atoms with Gasteiger partial charge in [-0.15, -0.1) is 0 Å². The molecular formula is C18H26N4O3. The summed E-state index contributed by atoms with van der Waals surface area (Å²) in [4.78, 5) is 19.3. The fraction of sp³-hybridized carbons (Fsp3) is 0.667. The third-order valence-electron chi connectivity index (χ3n) is 5.00. The molecule has 1 aliphatic rings. The van der Waals surface area contributed by atoms with E-state index in [2.05, 4.69) is 15.3 Å². The summed E-state index contributed by atoms with van der Waals surface area (Å²) in [5.74, 6) is 2.41. The largest absolute Gasteiger partial charge is 0.361 e. The smallest absolute Gasteiger partial charge is 0.226 e. The summed E-state index contributed by atoms with van der Waals surface area (Å²) in [6, 6.07) is 0. The van der Waals surface area contributed by atoms with Crippen molar-refractivity contribution >= 4 is 5.91 Å². The van der Waals surface area contributed by atoms with Gasteiger partial charge in [0.25, 0.3) is 0 Å². The lowest BCUT2D eigenvalue weighted by molar-refractivity contribution is -0.136. The van der Waals surface area contributed by atoms with Crippen molar-refractivity contribution in [3.8, 4) is 0 Å². The molecule has 2 aromatic rings. The lowest BCUT2D eigenvalue weighted by atomic mass is 9.94. The molecule has 0 N–H and O–H groups in total. The number of likely N-dealkylation sites (tertiary alicyclic amines) is 1. The first-order valence-corrected chi connectivity index (χ1v) is 9.02. The number of carbonyl (C=O) groups is 1. The van der Waals surface area contributed by atoms with E-state index in [0.717, 1.165) is 48.6 Å². The zero-order valence-electron chi connectivity index (χ0n) is 15.4. The number of amides is 1. The molecule has 25 heavy (non-hydrogen) atoms. The third kappa shape index (κ3) is 3.75. The molecule has 1 amide bonds.